The zero-order valence-electron chi connectivity index (χ0n) is 22.8. The summed E-state index contributed by atoms with van der Waals surface area (Å²) in [4.78, 5) is 46.1. The summed E-state index contributed by atoms with van der Waals surface area (Å²) in [5.41, 5.74) is 2.38. The van der Waals surface area contributed by atoms with Crippen LogP contribution in [0.3, 0.4) is 0 Å². The average molecular weight is 593 g/mol. The van der Waals surface area contributed by atoms with Gasteiger partial charge in [-0.3, -0.25) is 14.4 Å². The van der Waals surface area contributed by atoms with Crippen LogP contribution in [0.1, 0.15) is 24.0 Å². The van der Waals surface area contributed by atoms with E-state index in [-0.39, 0.29) is 30.2 Å². The number of aliphatic hydroxyl groups excluding tert-OH is 1. The van der Waals surface area contributed by atoms with Crippen molar-refractivity contribution in [2.75, 3.05) is 24.7 Å². The number of carbonyl (C=O) groups is 3. The van der Waals surface area contributed by atoms with Crippen LogP contribution in [-0.4, -0.2) is 69.6 Å². The second kappa shape index (κ2) is 11.3. The molecule has 0 bridgehead atoms. The van der Waals surface area contributed by atoms with Crippen LogP contribution in [0, 0.1) is 18.8 Å². The molecule has 6 atom stereocenters. The van der Waals surface area contributed by atoms with E-state index in [1.807, 2.05) is 67.6 Å². The van der Waals surface area contributed by atoms with Crippen molar-refractivity contribution in [1.82, 2.24) is 4.90 Å². The van der Waals surface area contributed by atoms with Gasteiger partial charge < -0.3 is 19.6 Å². The summed E-state index contributed by atoms with van der Waals surface area (Å²) in [6.07, 6.45) is 9.81. The molecule has 1 spiro atoms. The van der Waals surface area contributed by atoms with Crippen LogP contribution < -0.4 is 4.90 Å². The molecule has 2 aromatic carbocycles. The molecule has 2 amide bonds. The van der Waals surface area contributed by atoms with Gasteiger partial charge in [0.25, 0.3) is 5.91 Å². The minimum absolute atomic E-state index is 0.273. The normalized spacial score (nSPS) is 30.9. The fourth-order valence-electron chi connectivity index (χ4n) is 6.89. The highest BCUT2D eigenvalue weighted by Crippen LogP contribution is 2.61. The van der Waals surface area contributed by atoms with Gasteiger partial charge in [-0.25, -0.2) is 0 Å². The van der Waals surface area contributed by atoms with Gasteiger partial charge in [-0.2, -0.15) is 0 Å². The van der Waals surface area contributed by atoms with Crippen LogP contribution in [0.5, 0.6) is 0 Å². The first-order valence-electron chi connectivity index (χ1n) is 14.1. The van der Waals surface area contributed by atoms with Gasteiger partial charge in [-0.05, 0) is 43.4 Å². The van der Waals surface area contributed by atoms with Crippen molar-refractivity contribution in [1.29, 1.82) is 0 Å². The van der Waals surface area contributed by atoms with E-state index in [2.05, 4.69) is 6.08 Å². The lowest BCUT2D eigenvalue weighted by molar-refractivity contribution is -0.153. The molecule has 7 nitrogen and oxygen atoms in total. The topological polar surface area (TPSA) is 87.2 Å². The molecule has 1 N–H and O–H groups in total. The standard InChI is InChI=1S/C32H33ClN2O5S/c1-20-10-8-13-23(33)27(20)34-16-9-15-32-26(25-24(41-32)14-6-3-7-17-40-31(25)39)29(37)35(28(32)30(34)38)22(19-36)18-21-11-4-2-5-12-21/h2,4-6,8-15,22,24-26,28,36H,3,7,16-19H2,1H3/b14-6-/t22-,24+,25-,26+,28?,32+/m1/s1. The molecule has 2 saturated heterocycles. The number of allylic oxidation sites excluding steroid dienone is 1. The minimum Gasteiger partial charge on any atom is -0.465 e. The van der Waals surface area contributed by atoms with Crippen molar-refractivity contribution in [3.8, 4) is 0 Å². The van der Waals surface area contributed by atoms with Crippen LogP contribution >= 0.6 is 23.4 Å². The summed E-state index contributed by atoms with van der Waals surface area (Å²) in [5, 5.41) is 10.8. The summed E-state index contributed by atoms with van der Waals surface area (Å²) < 4.78 is 4.64. The molecule has 2 fully saturated rings. The Kier molecular flexibility index (Phi) is 7.74. The number of nitrogens with zero attached hydrogens (tertiary/aromatic N) is 2. The number of likely N-dealkylation sites (tertiary alicyclic amines) is 1. The van der Waals surface area contributed by atoms with Crippen LogP contribution in [0.4, 0.5) is 5.69 Å². The van der Waals surface area contributed by atoms with Crippen molar-refractivity contribution in [2.24, 2.45) is 11.8 Å². The first kappa shape index (κ1) is 28.1. The van der Waals surface area contributed by atoms with Crippen LogP contribution in [0.2, 0.25) is 5.02 Å². The predicted molar refractivity (Wildman–Crippen MR) is 160 cm³/mol. The van der Waals surface area contributed by atoms with E-state index < -0.39 is 34.6 Å². The highest BCUT2D eigenvalue weighted by molar-refractivity contribution is 8.02. The summed E-state index contributed by atoms with van der Waals surface area (Å²) in [6, 6.07) is 13.5. The third-order valence-electron chi connectivity index (χ3n) is 8.67. The number of rotatable bonds is 5. The largest absolute Gasteiger partial charge is 0.465 e. The SMILES string of the molecule is Cc1cccc(Cl)c1N1CC=C[C@]23S[C@H]4/C=C\CCCOC(=O)[C@H]4[C@H]2C(=O)N([C@@H](CO)Cc2ccccc2)C3C1=O. The molecule has 0 saturated carbocycles. The molecule has 2 aromatic rings. The van der Waals surface area contributed by atoms with E-state index in [0.29, 0.717) is 23.7 Å². The quantitative estimate of drug-likeness (QED) is 0.410. The van der Waals surface area contributed by atoms with Gasteiger partial charge in [-0.1, -0.05) is 78.4 Å². The fourth-order valence-corrected chi connectivity index (χ4v) is 9.20. The highest BCUT2D eigenvalue weighted by atomic mass is 35.5. The number of benzene rings is 2. The van der Waals surface area contributed by atoms with Crippen molar-refractivity contribution in [3.05, 3.63) is 89.0 Å². The maximum atomic E-state index is 14.8. The Bertz CT molecular complexity index is 1390. The molecule has 4 heterocycles. The summed E-state index contributed by atoms with van der Waals surface area (Å²) in [5.74, 6) is -2.53. The number of fused-ring (bicyclic) bond motifs is 2. The Morgan fingerprint density at radius 2 is 1.90 bits per heavy atom. The molecule has 0 radical (unpaired) electrons. The Labute approximate surface area is 249 Å². The Hall–Kier alpha value is -3.07. The van der Waals surface area contributed by atoms with Crippen molar-refractivity contribution in [3.63, 3.8) is 0 Å². The van der Waals surface area contributed by atoms with E-state index in [4.69, 9.17) is 16.3 Å². The minimum atomic E-state index is -1.01. The number of aliphatic hydroxyl groups is 1. The monoisotopic (exact) mass is 592 g/mol. The van der Waals surface area contributed by atoms with Crippen molar-refractivity contribution >= 4 is 46.8 Å². The van der Waals surface area contributed by atoms with Gasteiger partial charge in [0.1, 0.15) is 6.04 Å². The van der Waals surface area contributed by atoms with Gasteiger partial charge in [0.15, 0.2) is 0 Å². The van der Waals surface area contributed by atoms with Crippen LogP contribution in [0.15, 0.2) is 72.8 Å². The number of thioether (sulfide) groups is 1. The predicted octanol–water partition coefficient (Wildman–Crippen LogP) is 4.35. The number of anilines is 1. The first-order valence-corrected chi connectivity index (χ1v) is 15.4. The molecule has 9 heteroatoms. The molecule has 4 aliphatic rings. The number of hydrogen-bond acceptors (Lipinski definition) is 6. The van der Waals surface area contributed by atoms with Gasteiger partial charge in [0, 0.05) is 11.8 Å². The fraction of sp³-hybridized carbons (Fsp3) is 0.406. The van der Waals surface area contributed by atoms with Gasteiger partial charge in [0.05, 0.1) is 46.5 Å². The molecule has 4 aliphatic heterocycles. The molecule has 0 aliphatic carbocycles. The highest BCUT2D eigenvalue weighted by Gasteiger charge is 2.71. The molecule has 41 heavy (non-hydrogen) atoms. The smallest absolute Gasteiger partial charge is 0.311 e. The van der Waals surface area contributed by atoms with Crippen molar-refractivity contribution < 1.29 is 24.2 Å². The lowest BCUT2D eigenvalue weighted by atomic mass is 9.78. The number of esters is 1. The summed E-state index contributed by atoms with van der Waals surface area (Å²) >= 11 is 8.15. The molecule has 6 rings (SSSR count). The number of amides is 2. The molecular formula is C32H33ClN2O5S. The van der Waals surface area contributed by atoms with E-state index in [1.165, 1.54) is 11.8 Å². The molecular weight excluding hydrogens is 560 g/mol. The third-order valence-corrected chi connectivity index (χ3v) is 10.7. The maximum Gasteiger partial charge on any atom is 0.311 e. The van der Waals surface area contributed by atoms with Gasteiger partial charge in [-0.15, -0.1) is 11.8 Å². The lowest BCUT2D eigenvalue weighted by Crippen LogP contribution is -2.57. The second-order valence-electron chi connectivity index (χ2n) is 11.1. The summed E-state index contributed by atoms with van der Waals surface area (Å²) in [6.45, 7) is 2.14. The van der Waals surface area contributed by atoms with Gasteiger partial charge >= 0.3 is 5.97 Å². The van der Waals surface area contributed by atoms with Crippen LogP contribution in [-0.2, 0) is 25.5 Å². The molecule has 1 unspecified atom stereocenters. The number of hydrogen-bond donors (Lipinski definition) is 1. The number of para-hydroxylation sites is 1. The van der Waals surface area contributed by atoms with Crippen LogP contribution in [0.25, 0.3) is 0 Å². The first-order chi connectivity index (χ1) is 19.9. The number of cyclic esters (lactones) is 1. The Balaban J connectivity index is 1.50. The third kappa shape index (κ3) is 4.70. The Morgan fingerprint density at radius 3 is 2.66 bits per heavy atom. The van der Waals surface area contributed by atoms with E-state index in [0.717, 1.165) is 24.0 Å². The van der Waals surface area contributed by atoms with Gasteiger partial charge in [0.2, 0.25) is 5.91 Å². The number of ether oxygens (including phenoxy) is 1. The number of carbonyl (C=O) groups excluding carboxylic acids is 3. The Morgan fingerprint density at radius 1 is 1.10 bits per heavy atom. The lowest BCUT2D eigenvalue weighted by Gasteiger charge is -2.39. The number of aryl methyl sites for hydroxylation is 1. The summed E-state index contributed by atoms with van der Waals surface area (Å²) in [7, 11) is 0. The molecule has 0 aromatic heterocycles. The second-order valence-corrected chi connectivity index (χ2v) is 13.0. The zero-order chi connectivity index (χ0) is 28.7. The number of halogens is 1. The molecule has 214 valence electrons. The van der Waals surface area contributed by atoms with E-state index in [1.54, 1.807) is 15.9 Å². The maximum absolute atomic E-state index is 14.8. The van der Waals surface area contributed by atoms with E-state index in [9.17, 15) is 19.5 Å². The van der Waals surface area contributed by atoms with Crippen molar-refractivity contribution in [2.45, 2.75) is 48.3 Å². The van der Waals surface area contributed by atoms with E-state index >= 15 is 0 Å². The average Bonchev–Trinajstić information content (AvgIpc) is 3.38. The zero-order valence-corrected chi connectivity index (χ0v) is 24.4.